The van der Waals surface area contributed by atoms with Crippen molar-refractivity contribution in [1.82, 2.24) is 4.90 Å². The summed E-state index contributed by atoms with van der Waals surface area (Å²) in [5, 5.41) is 8.31. The summed E-state index contributed by atoms with van der Waals surface area (Å²) in [7, 11) is 0. The Kier molecular flexibility index (Phi) is 7.61. The molecule has 0 amide bonds. The molecule has 2 aliphatic rings. The van der Waals surface area contributed by atoms with Crippen molar-refractivity contribution in [3.05, 3.63) is 11.6 Å². The van der Waals surface area contributed by atoms with Crippen molar-refractivity contribution < 1.29 is 4.74 Å². The lowest BCUT2D eigenvalue weighted by molar-refractivity contribution is 0.0588. The zero-order valence-electron chi connectivity index (χ0n) is 14.6. The van der Waals surface area contributed by atoms with Crippen LogP contribution in [0.15, 0.2) is 11.6 Å². The SMILES string of the molecule is CCC/C(C)=C\C(=N)C1CCN(CCC2CCOCC2)CC1. The van der Waals surface area contributed by atoms with Gasteiger partial charge >= 0.3 is 0 Å². The summed E-state index contributed by atoms with van der Waals surface area (Å²) >= 11 is 0. The average molecular weight is 306 g/mol. The third kappa shape index (κ3) is 5.85. The number of rotatable bonds is 7. The molecule has 0 saturated carbocycles. The molecule has 3 heteroatoms. The first-order chi connectivity index (χ1) is 10.7. The van der Waals surface area contributed by atoms with Crippen molar-refractivity contribution in [3.8, 4) is 0 Å². The summed E-state index contributed by atoms with van der Waals surface area (Å²) in [5.74, 6) is 1.37. The minimum Gasteiger partial charge on any atom is -0.381 e. The Labute approximate surface area is 136 Å². The molecule has 126 valence electrons. The number of hydrogen-bond donors (Lipinski definition) is 1. The highest BCUT2D eigenvalue weighted by Crippen LogP contribution is 2.23. The maximum absolute atomic E-state index is 8.31. The van der Waals surface area contributed by atoms with Gasteiger partial charge in [0.15, 0.2) is 0 Å². The summed E-state index contributed by atoms with van der Waals surface area (Å²) in [6.07, 6.45) is 10.6. The number of nitrogens with zero attached hydrogens (tertiary/aromatic N) is 1. The predicted molar refractivity (Wildman–Crippen MR) is 93.7 cm³/mol. The van der Waals surface area contributed by atoms with Gasteiger partial charge in [0.05, 0.1) is 0 Å². The van der Waals surface area contributed by atoms with E-state index in [0.29, 0.717) is 5.92 Å². The van der Waals surface area contributed by atoms with Crippen molar-refractivity contribution in [2.24, 2.45) is 11.8 Å². The normalized spacial score (nSPS) is 22.9. The average Bonchev–Trinajstić information content (AvgIpc) is 2.54. The highest BCUT2D eigenvalue weighted by Gasteiger charge is 2.22. The Hall–Kier alpha value is -0.670. The van der Waals surface area contributed by atoms with Gasteiger partial charge in [-0.3, -0.25) is 0 Å². The first-order valence-electron chi connectivity index (χ1n) is 9.24. The Morgan fingerprint density at radius 3 is 2.50 bits per heavy atom. The van der Waals surface area contributed by atoms with Crippen LogP contribution in [0.25, 0.3) is 0 Å². The Balaban J connectivity index is 1.66. The summed E-state index contributed by atoms with van der Waals surface area (Å²) in [6, 6.07) is 0. The summed E-state index contributed by atoms with van der Waals surface area (Å²) < 4.78 is 5.44. The molecule has 3 nitrogen and oxygen atoms in total. The third-order valence-electron chi connectivity index (χ3n) is 5.27. The van der Waals surface area contributed by atoms with Gasteiger partial charge in [0.1, 0.15) is 0 Å². The van der Waals surface area contributed by atoms with Crippen molar-refractivity contribution >= 4 is 5.71 Å². The molecule has 2 heterocycles. The molecule has 0 aromatic carbocycles. The number of allylic oxidation sites excluding steroid dienone is 2. The van der Waals surface area contributed by atoms with E-state index < -0.39 is 0 Å². The van der Waals surface area contributed by atoms with E-state index in [9.17, 15) is 0 Å². The van der Waals surface area contributed by atoms with Crippen LogP contribution in [0, 0.1) is 17.2 Å². The summed E-state index contributed by atoms with van der Waals surface area (Å²) in [5.41, 5.74) is 2.24. The number of piperidine rings is 1. The Morgan fingerprint density at radius 2 is 1.86 bits per heavy atom. The van der Waals surface area contributed by atoms with Crippen molar-refractivity contribution in [2.45, 2.75) is 58.8 Å². The quantitative estimate of drug-likeness (QED) is 0.713. The fraction of sp³-hybridized carbons (Fsp3) is 0.842. The molecule has 0 bridgehead atoms. The van der Waals surface area contributed by atoms with Crippen LogP contribution in [0.2, 0.25) is 0 Å². The monoisotopic (exact) mass is 306 g/mol. The Bertz CT molecular complexity index is 364. The molecule has 2 rings (SSSR count). The lowest BCUT2D eigenvalue weighted by Gasteiger charge is -2.33. The smallest absolute Gasteiger partial charge is 0.0468 e. The van der Waals surface area contributed by atoms with E-state index in [1.54, 1.807) is 0 Å². The van der Waals surface area contributed by atoms with Crippen LogP contribution in [0.4, 0.5) is 0 Å². The second-order valence-electron chi connectivity index (χ2n) is 7.16. The summed E-state index contributed by atoms with van der Waals surface area (Å²) in [4.78, 5) is 2.61. The van der Waals surface area contributed by atoms with E-state index in [1.165, 1.54) is 63.7 Å². The molecule has 0 aliphatic carbocycles. The van der Waals surface area contributed by atoms with Crippen LogP contribution in [0.5, 0.6) is 0 Å². The molecule has 0 atom stereocenters. The molecule has 1 N–H and O–H groups in total. The van der Waals surface area contributed by atoms with Crippen LogP contribution in [0.3, 0.4) is 0 Å². The number of likely N-dealkylation sites (tertiary alicyclic amines) is 1. The fourth-order valence-corrected chi connectivity index (χ4v) is 3.72. The number of ether oxygens (including phenoxy) is 1. The number of nitrogens with one attached hydrogen (secondary N) is 1. The van der Waals surface area contributed by atoms with Gasteiger partial charge in [-0.2, -0.15) is 0 Å². The Morgan fingerprint density at radius 1 is 1.18 bits per heavy atom. The van der Waals surface area contributed by atoms with Gasteiger partial charge in [-0.1, -0.05) is 18.9 Å². The predicted octanol–water partition coefficient (Wildman–Crippen LogP) is 4.28. The zero-order chi connectivity index (χ0) is 15.8. The zero-order valence-corrected chi connectivity index (χ0v) is 14.6. The van der Waals surface area contributed by atoms with E-state index >= 15 is 0 Å². The highest BCUT2D eigenvalue weighted by molar-refractivity contribution is 5.94. The van der Waals surface area contributed by atoms with E-state index in [0.717, 1.165) is 31.3 Å². The molecule has 0 unspecified atom stereocenters. The van der Waals surface area contributed by atoms with Crippen LogP contribution in [-0.2, 0) is 4.74 Å². The fourth-order valence-electron chi connectivity index (χ4n) is 3.72. The molecule has 0 aromatic heterocycles. The summed E-state index contributed by atoms with van der Waals surface area (Å²) in [6.45, 7) is 9.91. The van der Waals surface area contributed by atoms with Crippen LogP contribution in [-0.4, -0.2) is 43.5 Å². The van der Waals surface area contributed by atoms with Crippen molar-refractivity contribution in [1.29, 1.82) is 5.41 Å². The third-order valence-corrected chi connectivity index (χ3v) is 5.27. The van der Waals surface area contributed by atoms with Gasteiger partial charge < -0.3 is 15.0 Å². The van der Waals surface area contributed by atoms with Gasteiger partial charge in [0.25, 0.3) is 0 Å². The molecule has 22 heavy (non-hydrogen) atoms. The highest BCUT2D eigenvalue weighted by atomic mass is 16.5. The van der Waals surface area contributed by atoms with Crippen molar-refractivity contribution in [2.75, 3.05) is 32.8 Å². The molecule has 2 fully saturated rings. The molecule has 0 spiro atoms. The minimum atomic E-state index is 0.492. The van der Waals surface area contributed by atoms with Crippen LogP contribution < -0.4 is 0 Å². The molecular weight excluding hydrogens is 272 g/mol. The maximum Gasteiger partial charge on any atom is 0.0468 e. The van der Waals surface area contributed by atoms with E-state index in [4.69, 9.17) is 10.1 Å². The maximum atomic E-state index is 8.31. The minimum absolute atomic E-state index is 0.492. The molecule has 2 saturated heterocycles. The van der Waals surface area contributed by atoms with E-state index in [1.807, 2.05) is 0 Å². The first-order valence-corrected chi connectivity index (χ1v) is 9.24. The lowest BCUT2D eigenvalue weighted by atomic mass is 9.90. The largest absolute Gasteiger partial charge is 0.381 e. The van der Waals surface area contributed by atoms with Gasteiger partial charge in [-0.05, 0) is 77.1 Å². The van der Waals surface area contributed by atoms with Crippen LogP contribution in [0.1, 0.15) is 58.8 Å². The van der Waals surface area contributed by atoms with Crippen molar-refractivity contribution in [3.63, 3.8) is 0 Å². The molecule has 2 aliphatic heterocycles. The topological polar surface area (TPSA) is 36.3 Å². The standard InChI is InChI=1S/C19H34N2O/c1-3-4-16(2)15-19(20)18-6-11-21(12-7-18)10-5-17-8-13-22-14-9-17/h15,17-18,20H,3-14H2,1-2H3/b16-15-,20-19?. The first kappa shape index (κ1) is 17.7. The molecule has 0 aromatic rings. The van der Waals surface area contributed by atoms with E-state index in [-0.39, 0.29) is 0 Å². The lowest BCUT2D eigenvalue weighted by Crippen LogP contribution is -2.37. The molecular formula is C19H34N2O. The number of hydrogen-bond acceptors (Lipinski definition) is 3. The van der Waals surface area contributed by atoms with Gasteiger partial charge in [-0.15, -0.1) is 0 Å². The second-order valence-corrected chi connectivity index (χ2v) is 7.16. The van der Waals surface area contributed by atoms with Gasteiger partial charge in [0, 0.05) is 24.8 Å². The van der Waals surface area contributed by atoms with Gasteiger partial charge in [-0.25, -0.2) is 0 Å². The van der Waals surface area contributed by atoms with E-state index in [2.05, 4.69) is 24.8 Å². The second kappa shape index (κ2) is 9.46. The molecule has 0 radical (unpaired) electrons. The van der Waals surface area contributed by atoms with Gasteiger partial charge in [0.2, 0.25) is 0 Å². The van der Waals surface area contributed by atoms with Crippen LogP contribution >= 0.6 is 0 Å².